The van der Waals surface area contributed by atoms with E-state index >= 15 is 0 Å². The maximum Gasteiger partial charge on any atom is 0.348 e. The Hall–Kier alpha value is -1.30. The number of carbonyl (C=O) groups excluding carboxylic acids is 1. The molecule has 0 saturated heterocycles. The van der Waals surface area contributed by atoms with E-state index in [0.717, 1.165) is 19.3 Å². The maximum absolute atomic E-state index is 12.9. The minimum Gasteiger partial charge on any atom is -0.493 e. The molecule has 2 aromatic rings. The third-order valence-corrected chi connectivity index (χ3v) is 5.91. The number of alkyl halides is 1. The summed E-state index contributed by atoms with van der Waals surface area (Å²) in [6.07, 6.45) is 3.66. The van der Waals surface area contributed by atoms with E-state index in [9.17, 15) is 9.18 Å². The van der Waals surface area contributed by atoms with Crippen molar-refractivity contribution in [3.8, 4) is 5.75 Å². The van der Waals surface area contributed by atoms with Crippen LogP contribution in [-0.4, -0.2) is 25.9 Å². The van der Waals surface area contributed by atoms with Gasteiger partial charge in [0.1, 0.15) is 16.8 Å². The predicted molar refractivity (Wildman–Crippen MR) is 114 cm³/mol. The van der Waals surface area contributed by atoms with Crippen molar-refractivity contribution in [3.05, 3.63) is 50.1 Å². The van der Waals surface area contributed by atoms with Gasteiger partial charge in [-0.2, -0.15) is 0 Å². The molecular formula is C21H25Cl2FO3S. The van der Waals surface area contributed by atoms with Crippen LogP contribution in [0.4, 0.5) is 4.39 Å². The number of thiophene rings is 1. The normalized spacial score (nSPS) is 18.3. The largest absolute Gasteiger partial charge is 0.493 e. The minimum absolute atomic E-state index is 0.234. The van der Waals surface area contributed by atoms with E-state index in [-0.39, 0.29) is 5.97 Å². The lowest BCUT2D eigenvalue weighted by molar-refractivity contribution is 0.0606. The van der Waals surface area contributed by atoms with Gasteiger partial charge in [0.15, 0.2) is 0 Å². The highest BCUT2D eigenvalue weighted by molar-refractivity contribution is 7.13. The summed E-state index contributed by atoms with van der Waals surface area (Å²) in [6, 6.07) is 8.90. The number of carbonyl (C=O) groups is 1. The average Bonchev–Trinajstić information content (AvgIpc) is 3.28. The SMILES string of the molecule is CCCc1ccc(C(=O)OC)s1.FC1CCC(COc2cc(Cl)cc(Cl)c2)C1. The van der Waals surface area contributed by atoms with Crippen LogP contribution in [0.5, 0.6) is 5.75 Å². The molecule has 1 aromatic carbocycles. The third-order valence-electron chi connectivity index (χ3n) is 4.34. The zero-order valence-corrected chi connectivity index (χ0v) is 18.4. The first-order chi connectivity index (χ1) is 13.4. The van der Waals surface area contributed by atoms with Gasteiger partial charge in [0, 0.05) is 14.9 Å². The molecule has 2 atom stereocenters. The van der Waals surface area contributed by atoms with Gasteiger partial charge in [-0.15, -0.1) is 11.3 Å². The first kappa shape index (κ1) is 23.0. The molecule has 0 bridgehead atoms. The number of methoxy groups -OCH3 is 1. The fourth-order valence-electron chi connectivity index (χ4n) is 2.96. The Bertz CT molecular complexity index is 746. The maximum atomic E-state index is 12.9. The van der Waals surface area contributed by atoms with Crippen molar-refractivity contribution in [3.63, 3.8) is 0 Å². The van der Waals surface area contributed by atoms with Gasteiger partial charge in [-0.1, -0.05) is 36.5 Å². The van der Waals surface area contributed by atoms with Crippen molar-refractivity contribution in [1.82, 2.24) is 0 Å². The Morgan fingerprint density at radius 3 is 2.50 bits per heavy atom. The monoisotopic (exact) mass is 446 g/mol. The van der Waals surface area contributed by atoms with E-state index in [2.05, 4.69) is 11.7 Å². The lowest BCUT2D eigenvalue weighted by atomic mass is 10.1. The molecule has 7 heteroatoms. The van der Waals surface area contributed by atoms with Crippen LogP contribution in [0.15, 0.2) is 30.3 Å². The number of hydrogen-bond donors (Lipinski definition) is 0. The Morgan fingerprint density at radius 1 is 1.21 bits per heavy atom. The second-order valence-electron chi connectivity index (χ2n) is 6.70. The zero-order valence-electron chi connectivity index (χ0n) is 16.1. The summed E-state index contributed by atoms with van der Waals surface area (Å²) in [5, 5.41) is 1.11. The number of aryl methyl sites for hydroxylation is 1. The van der Waals surface area contributed by atoms with Gasteiger partial charge >= 0.3 is 5.97 Å². The second kappa shape index (κ2) is 11.6. The summed E-state index contributed by atoms with van der Waals surface area (Å²) < 4.78 is 23.1. The van der Waals surface area contributed by atoms with Crippen LogP contribution >= 0.6 is 34.5 Å². The molecule has 0 N–H and O–H groups in total. The molecule has 2 unspecified atom stereocenters. The van der Waals surface area contributed by atoms with Gasteiger partial charge in [-0.05, 0) is 61.9 Å². The van der Waals surface area contributed by atoms with Gasteiger partial charge in [0.2, 0.25) is 0 Å². The summed E-state index contributed by atoms with van der Waals surface area (Å²) in [5.41, 5.74) is 0. The van der Waals surface area contributed by atoms with Crippen LogP contribution in [0.2, 0.25) is 10.0 Å². The zero-order chi connectivity index (χ0) is 20.5. The highest BCUT2D eigenvalue weighted by atomic mass is 35.5. The van der Waals surface area contributed by atoms with Gasteiger partial charge in [-0.25, -0.2) is 9.18 Å². The fourth-order valence-corrected chi connectivity index (χ4v) is 4.49. The van der Waals surface area contributed by atoms with E-state index in [0.29, 0.717) is 46.0 Å². The van der Waals surface area contributed by atoms with Gasteiger partial charge in [0.25, 0.3) is 0 Å². The number of rotatable bonds is 6. The number of halogens is 3. The summed E-state index contributed by atoms with van der Waals surface area (Å²) in [6.45, 7) is 2.66. The molecule has 0 amide bonds. The second-order valence-corrected chi connectivity index (χ2v) is 8.74. The van der Waals surface area contributed by atoms with Gasteiger partial charge < -0.3 is 9.47 Å². The lowest BCUT2D eigenvalue weighted by Crippen LogP contribution is -2.09. The molecule has 1 aliphatic rings. The average molecular weight is 447 g/mol. The molecule has 0 aliphatic heterocycles. The highest BCUT2D eigenvalue weighted by Crippen LogP contribution is 2.30. The van der Waals surface area contributed by atoms with Crippen molar-refractivity contribution >= 4 is 40.5 Å². The number of ether oxygens (including phenoxy) is 2. The van der Waals surface area contributed by atoms with Crippen molar-refractivity contribution in [2.24, 2.45) is 5.92 Å². The van der Waals surface area contributed by atoms with Gasteiger partial charge in [-0.3, -0.25) is 0 Å². The molecular weight excluding hydrogens is 422 g/mol. The smallest absolute Gasteiger partial charge is 0.348 e. The molecule has 1 heterocycles. The van der Waals surface area contributed by atoms with E-state index < -0.39 is 6.17 Å². The van der Waals surface area contributed by atoms with Crippen molar-refractivity contribution in [2.45, 2.75) is 45.2 Å². The topological polar surface area (TPSA) is 35.5 Å². The Balaban J connectivity index is 0.000000209. The molecule has 1 aromatic heterocycles. The Kier molecular flexibility index (Phi) is 9.56. The quantitative estimate of drug-likeness (QED) is 0.448. The molecule has 28 heavy (non-hydrogen) atoms. The minimum atomic E-state index is -0.656. The van der Waals surface area contributed by atoms with E-state index in [1.54, 1.807) is 18.2 Å². The number of benzene rings is 1. The highest BCUT2D eigenvalue weighted by Gasteiger charge is 2.24. The van der Waals surface area contributed by atoms with Crippen molar-refractivity contribution in [2.75, 3.05) is 13.7 Å². The lowest BCUT2D eigenvalue weighted by Gasteiger charge is -2.11. The molecule has 3 nitrogen and oxygen atoms in total. The molecule has 3 rings (SSSR count). The molecule has 0 radical (unpaired) electrons. The number of hydrogen-bond acceptors (Lipinski definition) is 4. The summed E-state index contributed by atoms with van der Waals surface area (Å²) >= 11 is 13.2. The molecule has 0 spiro atoms. The Morgan fingerprint density at radius 2 is 1.93 bits per heavy atom. The molecule has 1 saturated carbocycles. The third kappa shape index (κ3) is 7.61. The molecule has 154 valence electrons. The van der Waals surface area contributed by atoms with Crippen LogP contribution < -0.4 is 4.74 Å². The molecule has 1 fully saturated rings. The van der Waals surface area contributed by atoms with Crippen LogP contribution in [-0.2, 0) is 11.2 Å². The predicted octanol–water partition coefficient (Wildman–Crippen LogP) is 7.00. The van der Waals surface area contributed by atoms with Crippen LogP contribution in [0.1, 0.15) is 47.2 Å². The molecule has 1 aliphatic carbocycles. The number of esters is 1. The summed E-state index contributed by atoms with van der Waals surface area (Å²) in [5.74, 6) is 0.731. The van der Waals surface area contributed by atoms with Gasteiger partial charge in [0.05, 0.1) is 13.7 Å². The first-order valence-electron chi connectivity index (χ1n) is 9.31. The van der Waals surface area contributed by atoms with Crippen LogP contribution in [0, 0.1) is 5.92 Å². The van der Waals surface area contributed by atoms with E-state index in [1.807, 2.05) is 12.1 Å². The fraction of sp³-hybridized carbons (Fsp3) is 0.476. The summed E-state index contributed by atoms with van der Waals surface area (Å²) in [4.78, 5) is 13.0. The Labute approximate surface area is 179 Å². The van der Waals surface area contributed by atoms with Crippen molar-refractivity contribution < 1.29 is 18.7 Å². The summed E-state index contributed by atoms with van der Waals surface area (Å²) in [7, 11) is 1.40. The van der Waals surface area contributed by atoms with Crippen molar-refractivity contribution in [1.29, 1.82) is 0 Å². The first-order valence-corrected chi connectivity index (χ1v) is 10.9. The van der Waals surface area contributed by atoms with E-state index in [1.165, 1.54) is 23.3 Å². The van der Waals surface area contributed by atoms with Crippen LogP contribution in [0.3, 0.4) is 0 Å². The standard InChI is InChI=1S/C12H13Cl2FO.C9H12O2S/c13-9-4-10(14)6-12(5-9)16-7-8-1-2-11(15)3-8;1-3-4-7-5-6-8(12-7)9(10)11-2/h4-6,8,11H,1-3,7H2;5-6H,3-4H2,1-2H3. The van der Waals surface area contributed by atoms with E-state index in [4.69, 9.17) is 27.9 Å². The van der Waals surface area contributed by atoms with Crippen LogP contribution in [0.25, 0.3) is 0 Å².